The zero-order chi connectivity index (χ0) is 21.0. The first-order valence-electron chi connectivity index (χ1n) is 9.57. The van der Waals surface area contributed by atoms with Crippen LogP contribution >= 0.6 is 11.8 Å². The summed E-state index contributed by atoms with van der Waals surface area (Å²) in [5.41, 5.74) is 4.41. The summed E-state index contributed by atoms with van der Waals surface area (Å²) >= 11 is 1.37. The Morgan fingerprint density at radius 2 is 1.97 bits per heavy atom. The van der Waals surface area contributed by atoms with E-state index in [-0.39, 0.29) is 23.8 Å². The third kappa shape index (κ3) is 5.17. The van der Waals surface area contributed by atoms with Crippen LogP contribution in [0, 0.1) is 13.8 Å². The number of pyridine rings is 1. The minimum absolute atomic E-state index is 0.140. The lowest BCUT2D eigenvalue weighted by molar-refractivity contribution is -0.118. The van der Waals surface area contributed by atoms with Gasteiger partial charge in [-0.15, -0.1) is 0 Å². The third-order valence-corrected chi connectivity index (χ3v) is 5.70. The number of H-pyrrole nitrogens is 1. The van der Waals surface area contributed by atoms with Crippen LogP contribution in [-0.4, -0.2) is 26.2 Å². The van der Waals surface area contributed by atoms with Gasteiger partial charge in [0.15, 0.2) is 5.16 Å². The van der Waals surface area contributed by atoms with Gasteiger partial charge in [-0.2, -0.15) is 0 Å². The van der Waals surface area contributed by atoms with Gasteiger partial charge in [0, 0.05) is 35.9 Å². The lowest BCUT2D eigenvalue weighted by atomic mass is 10.0. The molecule has 1 aromatic carbocycles. The molecule has 2 aromatic heterocycles. The monoisotopic (exact) mass is 410 g/mol. The molecule has 0 bridgehead atoms. The van der Waals surface area contributed by atoms with Crippen molar-refractivity contribution in [3.05, 3.63) is 75.5 Å². The van der Waals surface area contributed by atoms with Crippen LogP contribution in [0.1, 0.15) is 42.1 Å². The highest BCUT2D eigenvalue weighted by molar-refractivity contribution is 7.99. The number of hydrogen-bond acceptors (Lipinski definition) is 4. The Morgan fingerprint density at radius 1 is 1.24 bits per heavy atom. The van der Waals surface area contributed by atoms with Gasteiger partial charge in [0.1, 0.15) is 0 Å². The molecule has 2 heterocycles. The molecule has 1 amide bonds. The van der Waals surface area contributed by atoms with Gasteiger partial charge in [-0.1, -0.05) is 37.7 Å². The number of nitrogens with zero attached hydrogens (tertiary/aromatic N) is 2. The number of carbonyl (C=O) groups is 1. The molecule has 0 atom stereocenters. The summed E-state index contributed by atoms with van der Waals surface area (Å²) in [6.45, 7) is 8.26. The number of aryl methyl sites for hydroxylation is 2. The summed E-state index contributed by atoms with van der Waals surface area (Å²) in [5.74, 6) is 0.567. The van der Waals surface area contributed by atoms with Crippen molar-refractivity contribution in [2.45, 2.75) is 45.3 Å². The fourth-order valence-electron chi connectivity index (χ4n) is 3.08. The van der Waals surface area contributed by atoms with E-state index in [9.17, 15) is 9.59 Å². The van der Waals surface area contributed by atoms with Crippen LogP contribution in [0.25, 0.3) is 5.69 Å². The Balaban J connectivity index is 1.60. The summed E-state index contributed by atoms with van der Waals surface area (Å²) in [6, 6.07) is 10.3. The molecule has 0 aliphatic heterocycles. The molecule has 0 unspecified atom stereocenters. The second-order valence-electron chi connectivity index (χ2n) is 7.33. The first kappa shape index (κ1) is 20.9. The van der Waals surface area contributed by atoms with Gasteiger partial charge in [-0.3, -0.25) is 14.2 Å². The van der Waals surface area contributed by atoms with E-state index in [1.165, 1.54) is 17.3 Å². The second kappa shape index (κ2) is 9.13. The van der Waals surface area contributed by atoms with Crippen LogP contribution in [0.4, 0.5) is 0 Å². The molecule has 29 heavy (non-hydrogen) atoms. The third-order valence-electron chi connectivity index (χ3n) is 4.73. The van der Waals surface area contributed by atoms with E-state index in [2.05, 4.69) is 53.4 Å². The Hall–Kier alpha value is -2.80. The summed E-state index contributed by atoms with van der Waals surface area (Å²) in [5, 5.41) is 3.58. The van der Waals surface area contributed by atoms with E-state index in [1.807, 2.05) is 30.7 Å². The lowest BCUT2D eigenvalue weighted by Gasteiger charge is -2.10. The molecule has 3 rings (SSSR count). The Bertz CT molecular complexity index is 1050. The number of aromatic nitrogens is 3. The number of hydrogen-bond donors (Lipinski definition) is 2. The van der Waals surface area contributed by atoms with Gasteiger partial charge in [-0.25, -0.2) is 4.98 Å². The number of imidazole rings is 1. The van der Waals surface area contributed by atoms with Crippen LogP contribution in [0.2, 0.25) is 0 Å². The molecular formula is C22H26N4O2S. The van der Waals surface area contributed by atoms with E-state index >= 15 is 0 Å². The van der Waals surface area contributed by atoms with Crippen LogP contribution in [0.5, 0.6) is 0 Å². The maximum Gasteiger partial charge on any atom is 0.253 e. The van der Waals surface area contributed by atoms with Crippen molar-refractivity contribution in [1.29, 1.82) is 0 Å². The minimum atomic E-state index is -0.157. The van der Waals surface area contributed by atoms with Crippen molar-refractivity contribution >= 4 is 17.7 Å². The molecule has 0 aliphatic carbocycles. The fraction of sp³-hybridized carbons (Fsp3) is 0.318. The van der Waals surface area contributed by atoms with E-state index < -0.39 is 0 Å². The SMILES string of the molecule is Cc1cc(C)c(CNC(=O)CSc2nccn2-c2ccc(C(C)C)cc2)c(=O)[nH]1. The number of aromatic amines is 1. The average Bonchev–Trinajstić information content (AvgIpc) is 3.14. The molecule has 3 aromatic rings. The van der Waals surface area contributed by atoms with Gasteiger partial charge in [0.25, 0.3) is 5.56 Å². The molecule has 0 radical (unpaired) electrons. The van der Waals surface area contributed by atoms with Crippen LogP contribution in [0.15, 0.2) is 52.7 Å². The number of nitrogens with one attached hydrogen (secondary N) is 2. The topological polar surface area (TPSA) is 79.8 Å². The number of amides is 1. The van der Waals surface area contributed by atoms with Crippen LogP contribution in [-0.2, 0) is 11.3 Å². The van der Waals surface area contributed by atoms with E-state index in [0.717, 1.165) is 22.1 Å². The van der Waals surface area contributed by atoms with Crippen LogP contribution < -0.4 is 10.9 Å². The van der Waals surface area contributed by atoms with Gasteiger partial charge in [-0.05, 0) is 49.1 Å². The van der Waals surface area contributed by atoms with Crippen molar-refractivity contribution < 1.29 is 4.79 Å². The zero-order valence-corrected chi connectivity index (χ0v) is 18.0. The predicted molar refractivity (Wildman–Crippen MR) is 117 cm³/mol. The van der Waals surface area contributed by atoms with Gasteiger partial charge in [0.2, 0.25) is 5.91 Å². The van der Waals surface area contributed by atoms with Crippen molar-refractivity contribution in [2.75, 3.05) is 5.75 Å². The largest absolute Gasteiger partial charge is 0.351 e. The molecule has 0 fully saturated rings. The maximum absolute atomic E-state index is 12.3. The van der Waals surface area contributed by atoms with E-state index in [0.29, 0.717) is 11.5 Å². The Kier molecular flexibility index (Phi) is 6.59. The average molecular weight is 411 g/mol. The Morgan fingerprint density at radius 3 is 2.62 bits per heavy atom. The number of benzene rings is 1. The zero-order valence-electron chi connectivity index (χ0n) is 17.2. The molecular weight excluding hydrogens is 384 g/mol. The van der Waals surface area contributed by atoms with Gasteiger partial charge >= 0.3 is 0 Å². The van der Waals surface area contributed by atoms with Crippen molar-refractivity contribution in [3.8, 4) is 5.69 Å². The van der Waals surface area contributed by atoms with Crippen molar-refractivity contribution in [1.82, 2.24) is 19.9 Å². The highest BCUT2D eigenvalue weighted by atomic mass is 32.2. The van der Waals surface area contributed by atoms with Gasteiger partial charge < -0.3 is 10.3 Å². The van der Waals surface area contributed by atoms with Gasteiger partial charge in [0.05, 0.1) is 5.75 Å². The van der Waals surface area contributed by atoms with E-state index in [4.69, 9.17) is 0 Å². The molecule has 0 spiro atoms. The Labute approximate surface area is 174 Å². The second-order valence-corrected chi connectivity index (χ2v) is 8.28. The lowest BCUT2D eigenvalue weighted by Crippen LogP contribution is -2.29. The smallest absolute Gasteiger partial charge is 0.253 e. The van der Waals surface area contributed by atoms with Crippen molar-refractivity contribution in [3.63, 3.8) is 0 Å². The fourth-order valence-corrected chi connectivity index (χ4v) is 3.89. The highest BCUT2D eigenvalue weighted by Gasteiger charge is 2.11. The highest BCUT2D eigenvalue weighted by Crippen LogP contribution is 2.22. The maximum atomic E-state index is 12.3. The number of thioether (sulfide) groups is 1. The molecule has 6 nitrogen and oxygen atoms in total. The summed E-state index contributed by atoms with van der Waals surface area (Å²) in [4.78, 5) is 31.5. The van der Waals surface area contributed by atoms with Crippen molar-refractivity contribution in [2.24, 2.45) is 0 Å². The number of carbonyl (C=O) groups excluding carboxylic acids is 1. The molecule has 7 heteroatoms. The minimum Gasteiger partial charge on any atom is -0.351 e. The predicted octanol–water partition coefficient (Wildman–Crippen LogP) is 3.71. The summed E-state index contributed by atoms with van der Waals surface area (Å²) in [6.07, 6.45) is 3.62. The normalized spacial score (nSPS) is 11.1. The standard InChI is InChI=1S/C22H26N4O2S/c1-14(2)17-5-7-18(8-6-17)26-10-9-23-22(26)29-13-20(27)24-12-19-15(3)11-16(4)25-21(19)28/h5-11,14H,12-13H2,1-4H3,(H,24,27)(H,25,28). The molecule has 2 N–H and O–H groups in total. The summed E-state index contributed by atoms with van der Waals surface area (Å²) in [7, 11) is 0. The van der Waals surface area contributed by atoms with E-state index in [1.54, 1.807) is 6.20 Å². The summed E-state index contributed by atoms with van der Waals surface area (Å²) < 4.78 is 1.97. The molecule has 152 valence electrons. The van der Waals surface area contributed by atoms with Crippen LogP contribution in [0.3, 0.4) is 0 Å². The number of rotatable bonds is 7. The first-order valence-corrected chi connectivity index (χ1v) is 10.6. The molecule has 0 saturated heterocycles. The molecule has 0 aliphatic rings. The molecule has 0 saturated carbocycles. The first-order chi connectivity index (χ1) is 13.8. The quantitative estimate of drug-likeness (QED) is 0.582.